The zero-order valence-corrected chi connectivity index (χ0v) is 14.5. The topological polar surface area (TPSA) is 56.2 Å². The molecule has 0 bridgehead atoms. The van der Waals surface area contributed by atoms with Crippen molar-refractivity contribution < 1.29 is 9.53 Å². The van der Waals surface area contributed by atoms with E-state index in [1.54, 1.807) is 10.9 Å². The molecule has 6 heteroatoms. The van der Waals surface area contributed by atoms with Gasteiger partial charge in [-0.1, -0.05) is 41.9 Å². The van der Waals surface area contributed by atoms with E-state index in [-0.39, 0.29) is 11.6 Å². The fourth-order valence-corrected chi connectivity index (χ4v) is 2.56. The SMILES string of the molecule is COc1cn(-c2ccccc2)nc1C(=O)NCCc1ccc(Cl)cc1. The van der Waals surface area contributed by atoms with Gasteiger partial charge in [-0.2, -0.15) is 5.10 Å². The standard InChI is InChI=1S/C19H18ClN3O2/c1-25-17-13-23(16-5-3-2-4-6-16)22-18(17)19(24)21-12-11-14-7-9-15(20)10-8-14/h2-10,13H,11-12H2,1H3,(H,21,24). The molecule has 3 aromatic rings. The van der Waals surface area contributed by atoms with Crippen molar-refractivity contribution in [2.75, 3.05) is 13.7 Å². The molecule has 0 saturated heterocycles. The van der Waals surface area contributed by atoms with Crippen molar-refractivity contribution in [3.8, 4) is 11.4 Å². The summed E-state index contributed by atoms with van der Waals surface area (Å²) in [4.78, 5) is 12.4. The summed E-state index contributed by atoms with van der Waals surface area (Å²) in [7, 11) is 1.52. The number of nitrogens with zero attached hydrogens (tertiary/aromatic N) is 2. The fraction of sp³-hybridized carbons (Fsp3) is 0.158. The van der Waals surface area contributed by atoms with Crippen LogP contribution in [0.2, 0.25) is 5.02 Å². The molecule has 25 heavy (non-hydrogen) atoms. The summed E-state index contributed by atoms with van der Waals surface area (Å²) in [5.41, 5.74) is 2.23. The molecule has 0 fully saturated rings. The van der Waals surface area contributed by atoms with E-state index in [9.17, 15) is 4.79 Å². The molecule has 0 aliphatic rings. The molecule has 2 aromatic carbocycles. The summed E-state index contributed by atoms with van der Waals surface area (Å²) in [5, 5.41) is 7.92. The highest BCUT2D eigenvalue weighted by atomic mass is 35.5. The van der Waals surface area contributed by atoms with Crippen LogP contribution in [-0.4, -0.2) is 29.3 Å². The molecule has 0 radical (unpaired) electrons. The highest BCUT2D eigenvalue weighted by Gasteiger charge is 2.17. The van der Waals surface area contributed by atoms with Gasteiger partial charge in [0.15, 0.2) is 11.4 Å². The molecule has 0 saturated carbocycles. The predicted molar refractivity (Wildman–Crippen MR) is 97.6 cm³/mol. The summed E-state index contributed by atoms with van der Waals surface area (Å²) in [6.07, 6.45) is 2.41. The molecule has 128 valence electrons. The average molecular weight is 356 g/mol. The van der Waals surface area contributed by atoms with Gasteiger partial charge in [0.1, 0.15) is 0 Å². The smallest absolute Gasteiger partial charge is 0.275 e. The summed E-state index contributed by atoms with van der Waals surface area (Å²) < 4.78 is 6.92. The van der Waals surface area contributed by atoms with Crippen molar-refractivity contribution in [2.45, 2.75) is 6.42 Å². The van der Waals surface area contributed by atoms with Gasteiger partial charge in [0.05, 0.1) is 19.0 Å². The molecule has 1 aromatic heterocycles. The first-order valence-corrected chi connectivity index (χ1v) is 8.27. The molecule has 1 N–H and O–H groups in total. The molecule has 5 nitrogen and oxygen atoms in total. The van der Waals surface area contributed by atoms with Crippen LogP contribution < -0.4 is 10.1 Å². The molecule has 1 heterocycles. The van der Waals surface area contributed by atoms with E-state index in [2.05, 4.69) is 10.4 Å². The van der Waals surface area contributed by atoms with E-state index >= 15 is 0 Å². The van der Waals surface area contributed by atoms with Gasteiger partial charge in [0, 0.05) is 11.6 Å². The normalized spacial score (nSPS) is 10.5. The number of amides is 1. The molecule has 0 aliphatic heterocycles. The average Bonchev–Trinajstić information content (AvgIpc) is 3.08. The van der Waals surface area contributed by atoms with Crippen LogP contribution in [0.25, 0.3) is 5.69 Å². The molecule has 0 aliphatic carbocycles. The third kappa shape index (κ3) is 4.19. The lowest BCUT2D eigenvalue weighted by atomic mass is 10.1. The first-order chi connectivity index (χ1) is 12.2. The van der Waals surface area contributed by atoms with Crippen molar-refractivity contribution in [3.63, 3.8) is 0 Å². The number of carbonyl (C=O) groups is 1. The number of carbonyl (C=O) groups excluding carboxylic acids is 1. The van der Waals surface area contributed by atoms with Crippen molar-refractivity contribution in [2.24, 2.45) is 0 Å². The summed E-state index contributed by atoms with van der Waals surface area (Å²) in [5.74, 6) is 0.174. The monoisotopic (exact) mass is 355 g/mol. The van der Waals surface area contributed by atoms with Crippen LogP contribution in [0, 0.1) is 0 Å². The van der Waals surface area contributed by atoms with E-state index in [4.69, 9.17) is 16.3 Å². The number of methoxy groups -OCH3 is 1. The van der Waals surface area contributed by atoms with Crippen molar-refractivity contribution in [3.05, 3.63) is 77.1 Å². The van der Waals surface area contributed by atoms with E-state index in [0.29, 0.717) is 23.7 Å². The van der Waals surface area contributed by atoms with Gasteiger partial charge < -0.3 is 10.1 Å². The van der Waals surface area contributed by atoms with Crippen LogP contribution in [0.5, 0.6) is 5.75 Å². The second-order valence-corrected chi connectivity index (χ2v) is 5.90. The Morgan fingerprint density at radius 2 is 1.88 bits per heavy atom. The van der Waals surface area contributed by atoms with Crippen LogP contribution in [0.1, 0.15) is 16.1 Å². The summed E-state index contributed by atoms with van der Waals surface area (Å²) in [6.45, 7) is 0.502. The zero-order chi connectivity index (χ0) is 17.6. The second-order valence-electron chi connectivity index (χ2n) is 5.46. The van der Waals surface area contributed by atoms with E-state index in [1.165, 1.54) is 7.11 Å². The van der Waals surface area contributed by atoms with Crippen LogP contribution in [0.4, 0.5) is 0 Å². The number of rotatable bonds is 6. The first-order valence-electron chi connectivity index (χ1n) is 7.89. The number of benzene rings is 2. The van der Waals surface area contributed by atoms with E-state index < -0.39 is 0 Å². The van der Waals surface area contributed by atoms with Gasteiger partial charge in [0.25, 0.3) is 5.91 Å². The van der Waals surface area contributed by atoms with Gasteiger partial charge in [0.2, 0.25) is 0 Å². The summed E-state index contributed by atoms with van der Waals surface area (Å²) in [6, 6.07) is 17.1. The Morgan fingerprint density at radius 1 is 1.16 bits per heavy atom. The summed E-state index contributed by atoms with van der Waals surface area (Å²) >= 11 is 5.87. The molecule has 1 amide bonds. The molecule has 0 unspecified atom stereocenters. The highest BCUT2D eigenvalue weighted by Crippen LogP contribution is 2.19. The maximum Gasteiger partial charge on any atom is 0.275 e. The minimum Gasteiger partial charge on any atom is -0.493 e. The van der Waals surface area contributed by atoms with Crippen molar-refractivity contribution in [1.29, 1.82) is 0 Å². The van der Waals surface area contributed by atoms with Crippen LogP contribution in [0.3, 0.4) is 0 Å². The molecule has 3 rings (SSSR count). The zero-order valence-electron chi connectivity index (χ0n) is 13.8. The highest BCUT2D eigenvalue weighted by molar-refractivity contribution is 6.30. The quantitative estimate of drug-likeness (QED) is 0.736. The number of nitrogens with one attached hydrogen (secondary N) is 1. The lowest BCUT2D eigenvalue weighted by Gasteiger charge is -2.05. The Hall–Kier alpha value is -2.79. The maximum absolute atomic E-state index is 12.4. The number of aromatic nitrogens is 2. The largest absolute Gasteiger partial charge is 0.493 e. The van der Waals surface area contributed by atoms with Crippen LogP contribution in [-0.2, 0) is 6.42 Å². The Morgan fingerprint density at radius 3 is 2.56 bits per heavy atom. The van der Waals surface area contributed by atoms with Gasteiger partial charge in [-0.15, -0.1) is 0 Å². The lowest BCUT2D eigenvalue weighted by molar-refractivity contribution is 0.0946. The maximum atomic E-state index is 12.4. The molecular formula is C19H18ClN3O2. The van der Waals surface area contributed by atoms with Gasteiger partial charge >= 0.3 is 0 Å². The van der Waals surface area contributed by atoms with Gasteiger partial charge in [-0.3, -0.25) is 4.79 Å². The predicted octanol–water partition coefficient (Wildman–Crippen LogP) is 3.51. The van der Waals surface area contributed by atoms with E-state index in [0.717, 1.165) is 11.3 Å². The fourth-order valence-electron chi connectivity index (χ4n) is 2.43. The number of halogens is 1. The third-order valence-corrected chi connectivity index (χ3v) is 4.00. The lowest BCUT2D eigenvalue weighted by Crippen LogP contribution is -2.26. The Bertz CT molecular complexity index is 845. The number of para-hydroxylation sites is 1. The van der Waals surface area contributed by atoms with Crippen molar-refractivity contribution in [1.82, 2.24) is 15.1 Å². The minimum atomic E-state index is -0.263. The molecular weight excluding hydrogens is 338 g/mol. The molecule has 0 atom stereocenters. The Balaban J connectivity index is 1.67. The van der Waals surface area contributed by atoms with Crippen molar-refractivity contribution >= 4 is 17.5 Å². The second kappa shape index (κ2) is 7.85. The number of hydrogen-bond acceptors (Lipinski definition) is 3. The minimum absolute atomic E-state index is 0.263. The number of hydrogen-bond donors (Lipinski definition) is 1. The Kier molecular flexibility index (Phi) is 5.36. The number of ether oxygens (including phenoxy) is 1. The van der Waals surface area contributed by atoms with Crippen LogP contribution >= 0.6 is 11.6 Å². The van der Waals surface area contributed by atoms with Gasteiger partial charge in [-0.25, -0.2) is 4.68 Å². The first kappa shape index (κ1) is 17.0. The molecule has 0 spiro atoms. The Labute approximate surface area is 151 Å². The van der Waals surface area contributed by atoms with Crippen LogP contribution in [0.15, 0.2) is 60.8 Å². The van der Waals surface area contributed by atoms with E-state index in [1.807, 2.05) is 54.6 Å². The third-order valence-electron chi connectivity index (χ3n) is 3.75. The van der Waals surface area contributed by atoms with Gasteiger partial charge in [-0.05, 0) is 36.2 Å².